The van der Waals surface area contributed by atoms with Crippen molar-refractivity contribution in [2.24, 2.45) is 0 Å². The van der Waals surface area contributed by atoms with E-state index in [1.54, 1.807) is 0 Å². The van der Waals surface area contributed by atoms with E-state index in [1.165, 1.54) is 199 Å². The number of hydrogen-bond donors (Lipinski definition) is 3. The van der Waals surface area contributed by atoms with E-state index < -0.39 is 12.1 Å². The van der Waals surface area contributed by atoms with E-state index in [9.17, 15) is 19.8 Å². The van der Waals surface area contributed by atoms with Crippen LogP contribution in [0.2, 0.25) is 0 Å². The number of rotatable bonds is 47. The van der Waals surface area contributed by atoms with Gasteiger partial charge in [-0.1, -0.05) is 245 Å². The second kappa shape index (κ2) is 46.5. The molecule has 0 rings (SSSR count). The topological polar surface area (TPSA) is 95.9 Å². The molecule has 0 saturated heterocycles. The maximum atomic E-state index is 12.4. The molecule has 6 nitrogen and oxygen atoms in total. The van der Waals surface area contributed by atoms with Crippen LogP contribution < -0.4 is 5.32 Å². The monoisotopic (exact) mass is 794 g/mol. The fourth-order valence-electron chi connectivity index (χ4n) is 7.99. The third-order valence-electron chi connectivity index (χ3n) is 11.9. The minimum atomic E-state index is -0.669. The average molecular weight is 794 g/mol. The zero-order chi connectivity index (χ0) is 40.8. The van der Waals surface area contributed by atoms with Crippen LogP contribution >= 0.6 is 0 Å². The lowest BCUT2D eigenvalue weighted by atomic mass is 10.0. The lowest BCUT2D eigenvalue weighted by Crippen LogP contribution is -2.45. The molecule has 56 heavy (non-hydrogen) atoms. The average Bonchev–Trinajstić information content (AvgIpc) is 3.20. The number of hydrogen-bond acceptors (Lipinski definition) is 5. The summed E-state index contributed by atoms with van der Waals surface area (Å²) in [6.45, 7) is 4.92. The zero-order valence-corrected chi connectivity index (χ0v) is 37.9. The van der Waals surface area contributed by atoms with Crippen LogP contribution in [0, 0.1) is 0 Å². The first kappa shape index (κ1) is 54.9. The summed E-state index contributed by atoms with van der Waals surface area (Å²) in [5.41, 5.74) is 0. The number of esters is 1. The smallest absolute Gasteiger partial charge is 0.305 e. The third kappa shape index (κ3) is 42.5. The number of carbonyl (C=O) groups excluding carboxylic acids is 2. The highest BCUT2D eigenvalue weighted by Crippen LogP contribution is 2.17. The molecular formula is C50H99NO5. The molecule has 0 bridgehead atoms. The van der Waals surface area contributed by atoms with Crippen LogP contribution in [0.25, 0.3) is 0 Å². The van der Waals surface area contributed by atoms with Gasteiger partial charge in [0.1, 0.15) is 0 Å². The maximum Gasteiger partial charge on any atom is 0.305 e. The minimum absolute atomic E-state index is 0.00184. The normalized spacial score (nSPS) is 12.6. The molecule has 0 aliphatic heterocycles. The van der Waals surface area contributed by atoms with Crippen molar-refractivity contribution >= 4 is 11.9 Å². The highest BCUT2D eigenvalue weighted by Gasteiger charge is 2.20. The maximum absolute atomic E-state index is 12.4. The predicted octanol–water partition coefficient (Wildman–Crippen LogP) is 14.8. The standard InChI is InChI=1S/C50H99NO5/c1-3-5-7-9-11-13-15-16-17-18-21-24-28-32-36-40-44-50(55)56-45-41-37-33-29-25-22-19-20-23-27-31-35-39-43-49(54)51-47(46-52)48(53)42-38-34-30-26-14-12-10-8-6-4-2/h47-48,52-53H,3-46H2,1-2H3,(H,51,54). The van der Waals surface area contributed by atoms with Crippen molar-refractivity contribution in [1.82, 2.24) is 5.32 Å². The van der Waals surface area contributed by atoms with Gasteiger partial charge >= 0.3 is 5.97 Å². The van der Waals surface area contributed by atoms with Gasteiger partial charge in [0.15, 0.2) is 0 Å². The number of nitrogens with one attached hydrogen (secondary N) is 1. The summed E-state index contributed by atoms with van der Waals surface area (Å²) >= 11 is 0. The van der Waals surface area contributed by atoms with Gasteiger partial charge in [0.05, 0.1) is 25.4 Å². The van der Waals surface area contributed by atoms with Crippen LogP contribution in [0.15, 0.2) is 0 Å². The van der Waals surface area contributed by atoms with Crippen molar-refractivity contribution in [2.75, 3.05) is 13.2 Å². The molecule has 0 spiro atoms. The van der Waals surface area contributed by atoms with E-state index in [0.717, 1.165) is 51.4 Å². The van der Waals surface area contributed by atoms with Crippen LogP contribution in [0.5, 0.6) is 0 Å². The van der Waals surface area contributed by atoms with Crippen LogP contribution in [0.3, 0.4) is 0 Å². The molecule has 0 fully saturated rings. The Labute approximate surface area is 349 Å². The van der Waals surface area contributed by atoms with Crippen molar-refractivity contribution < 1.29 is 24.5 Å². The Kier molecular flexibility index (Phi) is 45.6. The Hall–Kier alpha value is -1.14. The Morgan fingerprint density at radius 1 is 0.429 bits per heavy atom. The summed E-state index contributed by atoms with van der Waals surface area (Å²) < 4.78 is 5.47. The van der Waals surface area contributed by atoms with Gasteiger partial charge in [0.2, 0.25) is 5.91 Å². The summed E-state index contributed by atoms with van der Waals surface area (Å²) in [4.78, 5) is 24.4. The number of unbranched alkanes of at least 4 members (excludes halogenated alkanes) is 36. The lowest BCUT2D eigenvalue weighted by molar-refractivity contribution is -0.143. The van der Waals surface area contributed by atoms with E-state index in [2.05, 4.69) is 19.2 Å². The number of aliphatic hydroxyl groups is 2. The van der Waals surface area contributed by atoms with Gasteiger partial charge in [-0.25, -0.2) is 0 Å². The van der Waals surface area contributed by atoms with E-state index in [4.69, 9.17) is 4.74 Å². The first-order valence-electron chi connectivity index (χ1n) is 25.3. The van der Waals surface area contributed by atoms with Gasteiger partial charge in [0, 0.05) is 12.8 Å². The van der Waals surface area contributed by atoms with Gasteiger partial charge < -0.3 is 20.3 Å². The molecule has 3 N–H and O–H groups in total. The molecule has 6 heteroatoms. The van der Waals surface area contributed by atoms with Gasteiger partial charge in [-0.3, -0.25) is 9.59 Å². The van der Waals surface area contributed by atoms with E-state index in [1.807, 2.05) is 0 Å². The number of amides is 1. The Balaban J connectivity index is 3.40. The first-order chi connectivity index (χ1) is 27.5. The second-order valence-electron chi connectivity index (χ2n) is 17.5. The highest BCUT2D eigenvalue weighted by atomic mass is 16.5. The van der Waals surface area contributed by atoms with Crippen LogP contribution in [0.1, 0.15) is 284 Å². The van der Waals surface area contributed by atoms with Crippen LogP contribution in [-0.2, 0) is 14.3 Å². The van der Waals surface area contributed by atoms with E-state index in [0.29, 0.717) is 25.9 Å². The first-order valence-corrected chi connectivity index (χ1v) is 25.3. The molecule has 0 saturated carbocycles. The van der Waals surface area contributed by atoms with Gasteiger partial charge in [0.25, 0.3) is 0 Å². The zero-order valence-electron chi connectivity index (χ0n) is 37.9. The largest absolute Gasteiger partial charge is 0.466 e. The summed E-state index contributed by atoms with van der Waals surface area (Å²) in [6.07, 6.45) is 50.7. The molecule has 1 amide bonds. The Morgan fingerprint density at radius 3 is 1.09 bits per heavy atom. The van der Waals surface area contributed by atoms with Crippen LogP contribution in [0.4, 0.5) is 0 Å². The fraction of sp³-hybridized carbons (Fsp3) is 0.960. The van der Waals surface area contributed by atoms with Gasteiger partial charge in [-0.2, -0.15) is 0 Å². The predicted molar refractivity (Wildman–Crippen MR) is 241 cm³/mol. The second-order valence-corrected chi connectivity index (χ2v) is 17.5. The molecule has 0 radical (unpaired) electrons. The summed E-state index contributed by atoms with van der Waals surface area (Å²) in [7, 11) is 0. The molecule has 0 aromatic rings. The van der Waals surface area contributed by atoms with Crippen molar-refractivity contribution in [3.63, 3.8) is 0 Å². The number of ether oxygens (including phenoxy) is 1. The summed E-state index contributed by atoms with van der Waals surface area (Å²) in [5, 5.41) is 23.1. The molecule has 2 unspecified atom stereocenters. The Bertz CT molecular complexity index is 791. The summed E-state index contributed by atoms with van der Waals surface area (Å²) in [5.74, 6) is -0.0501. The number of carbonyl (C=O) groups is 2. The Morgan fingerprint density at radius 2 is 0.732 bits per heavy atom. The molecule has 0 aliphatic carbocycles. The molecule has 334 valence electrons. The highest BCUT2D eigenvalue weighted by molar-refractivity contribution is 5.76. The lowest BCUT2D eigenvalue weighted by Gasteiger charge is -2.22. The van der Waals surface area contributed by atoms with Crippen LogP contribution in [-0.4, -0.2) is 47.4 Å². The third-order valence-corrected chi connectivity index (χ3v) is 11.9. The molecule has 0 aromatic heterocycles. The summed E-state index contributed by atoms with van der Waals surface area (Å²) in [6, 6.07) is -0.547. The number of aliphatic hydroxyl groups excluding tert-OH is 2. The van der Waals surface area contributed by atoms with Gasteiger partial charge in [-0.05, 0) is 25.7 Å². The van der Waals surface area contributed by atoms with Gasteiger partial charge in [-0.15, -0.1) is 0 Å². The van der Waals surface area contributed by atoms with Crippen molar-refractivity contribution in [2.45, 2.75) is 296 Å². The quantitative estimate of drug-likeness (QED) is 0.0421. The van der Waals surface area contributed by atoms with Crippen molar-refractivity contribution in [1.29, 1.82) is 0 Å². The van der Waals surface area contributed by atoms with E-state index >= 15 is 0 Å². The van der Waals surface area contributed by atoms with Crippen molar-refractivity contribution in [3.8, 4) is 0 Å². The molecule has 2 atom stereocenters. The minimum Gasteiger partial charge on any atom is -0.466 e. The van der Waals surface area contributed by atoms with E-state index in [-0.39, 0.29) is 18.5 Å². The van der Waals surface area contributed by atoms with Crippen molar-refractivity contribution in [3.05, 3.63) is 0 Å². The SMILES string of the molecule is CCCCCCCCCCCCCCCCCCC(=O)OCCCCCCCCCCCCCCCC(=O)NC(CO)C(O)CCCCCCCCCCCC. The molecule has 0 aromatic carbocycles. The molecule has 0 aliphatic rings. The fourth-order valence-corrected chi connectivity index (χ4v) is 7.99. The molecule has 0 heterocycles. The molecular weight excluding hydrogens is 695 g/mol.